The van der Waals surface area contributed by atoms with Crippen LogP contribution in [0.5, 0.6) is 0 Å². The van der Waals surface area contributed by atoms with E-state index in [1.165, 1.54) is 13.8 Å². The van der Waals surface area contributed by atoms with Gasteiger partial charge in [0.25, 0.3) is 0 Å². The van der Waals surface area contributed by atoms with Crippen molar-refractivity contribution in [1.29, 1.82) is 0 Å². The van der Waals surface area contributed by atoms with E-state index in [2.05, 4.69) is 40.7 Å². The fourth-order valence-electron chi connectivity index (χ4n) is 8.66. The van der Waals surface area contributed by atoms with Crippen molar-refractivity contribution in [2.24, 2.45) is 33.5 Å². The molecule has 4 aliphatic rings. The number of ether oxygens (including phenoxy) is 3. The summed E-state index contributed by atoms with van der Waals surface area (Å²) in [5.74, 6) is -0.863. The van der Waals surface area contributed by atoms with Crippen LogP contribution in [0.1, 0.15) is 79.4 Å². The predicted octanol–water partition coefficient (Wildman–Crippen LogP) is 5.71. The van der Waals surface area contributed by atoms with Crippen molar-refractivity contribution in [1.82, 2.24) is 0 Å². The summed E-state index contributed by atoms with van der Waals surface area (Å²) in [6.07, 6.45) is 10.1. The summed E-state index contributed by atoms with van der Waals surface area (Å²) in [6.45, 7) is 13.8. The molecule has 0 saturated heterocycles. The van der Waals surface area contributed by atoms with Crippen LogP contribution in [0.3, 0.4) is 0 Å². The number of esters is 3. The molecule has 1 aromatic rings. The van der Waals surface area contributed by atoms with E-state index in [-0.39, 0.29) is 46.7 Å². The SMILES string of the molecule is CC(=O)O[C@H]1CC2C(C)(C)[C@H](OC(C)=O)C=C[C@]2(C)[C@H]2CC[C@]3(C)C(=CC(=O)O[C@H]3c3ccoc3)[C@]12C. The van der Waals surface area contributed by atoms with E-state index in [4.69, 9.17) is 18.6 Å². The van der Waals surface area contributed by atoms with Crippen LogP contribution in [0.25, 0.3) is 0 Å². The van der Waals surface area contributed by atoms with Crippen LogP contribution in [0.15, 0.2) is 46.8 Å². The van der Waals surface area contributed by atoms with Crippen LogP contribution in [0, 0.1) is 33.5 Å². The third-order valence-corrected chi connectivity index (χ3v) is 10.3. The topological polar surface area (TPSA) is 92.0 Å². The summed E-state index contributed by atoms with van der Waals surface area (Å²) >= 11 is 0. The predicted molar refractivity (Wildman–Crippen MR) is 135 cm³/mol. The molecule has 0 amide bonds. The van der Waals surface area contributed by atoms with Crippen LogP contribution in [0.2, 0.25) is 0 Å². The summed E-state index contributed by atoms with van der Waals surface area (Å²) in [6, 6.07) is 1.85. The third kappa shape index (κ3) is 3.63. The number of cyclic esters (lactones) is 1. The van der Waals surface area contributed by atoms with Crippen molar-refractivity contribution in [2.45, 2.75) is 86.0 Å². The summed E-state index contributed by atoms with van der Waals surface area (Å²) in [5.41, 5.74) is 0.0988. The lowest BCUT2D eigenvalue weighted by Crippen LogP contribution is -2.65. The van der Waals surface area contributed by atoms with Gasteiger partial charge >= 0.3 is 17.9 Å². The van der Waals surface area contributed by atoms with Crippen LogP contribution in [-0.4, -0.2) is 30.1 Å². The quantitative estimate of drug-likeness (QED) is 0.292. The summed E-state index contributed by atoms with van der Waals surface area (Å²) in [5, 5.41) is 0. The van der Waals surface area contributed by atoms with Crippen molar-refractivity contribution in [3.05, 3.63) is 48.0 Å². The molecule has 1 unspecified atom stereocenters. The van der Waals surface area contributed by atoms with Gasteiger partial charge in [0.15, 0.2) is 0 Å². The number of rotatable bonds is 3. The van der Waals surface area contributed by atoms with Gasteiger partial charge < -0.3 is 18.6 Å². The minimum Gasteiger partial charge on any atom is -0.472 e. The van der Waals surface area contributed by atoms with E-state index in [0.717, 1.165) is 24.0 Å². The van der Waals surface area contributed by atoms with Gasteiger partial charge in [0.05, 0.1) is 12.5 Å². The van der Waals surface area contributed by atoms with Crippen LogP contribution >= 0.6 is 0 Å². The average molecular weight is 511 g/mol. The molecule has 2 saturated carbocycles. The molecular weight excluding hydrogens is 472 g/mol. The lowest BCUT2D eigenvalue weighted by Gasteiger charge is -2.68. The maximum atomic E-state index is 13.0. The monoisotopic (exact) mass is 510 g/mol. The molecular formula is C30H38O7. The van der Waals surface area contributed by atoms with Gasteiger partial charge in [-0.25, -0.2) is 4.79 Å². The van der Waals surface area contributed by atoms with Crippen LogP contribution in [0.4, 0.5) is 0 Å². The van der Waals surface area contributed by atoms with Crippen molar-refractivity contribution in [2.75, 3.05) is 0 Å². The second kappa shape index (κ2) is 8.34. The van der Waals surface area contributed by atoms with Gasteiger partial charge in [0.2, 0.25) is 0 Å². The number of carbonyl (C=O) groups excluding carboxylic acids is 3. The molecule has 37 heavy (non-hydrogen) atoms. The molecule has 0 N–H and O–H groups in total. The van der Waals surface area contributed by atoms with E-state index in [1.54, 1.807) is 18.6 Å². The molecule has 8 atom stereocenters. The first-order valence-corrected chi connectivity index (χ1v) is 13.2. The summed E-state index contributed by atoms with van der Waals surface area (Å²) in [7, 11) is 0. The van der Waals surface area contributed by atoms with E-state index in [0.29, 0.717) is 6.42 Å². The molecule has 0 bridgehead atoms. The molecule has 7 heteroatoms. The first-order valence-electron chi connectivity index (χ1n) is 13.2. The molecule has 2 fully saturated rings. The zero-order chi connectivity index (χ0) is 27.0. The van der Waals surface area contributed by atoms with E-state index in [9.17, 15) is 14.4 Å². The molecule has 1 aliphatic heterocycles. The lowest BCUT2D eigenvalue weighted by atomic mass is 9.38. The first kappa shape index (κ1) is 25.8. The Morgan fingerprint density at radius 3 is 2.35 bits per heavy atom. The molecule has 0 radical (unpaired) electrons. The molecule has 0 spiro atoms. The Kier molecular flexibility index (Phi) is 5.81. The smallest absolute Gasteiger partial charge is 0.331 e. The number of hydrogen-bond acceptors (Lipinski definition) is 7. The van der Waals surface area contributed by atoms with Gasteiger partial charge in [-0.2, -0.15) is 0 Å². The average Bonchev–Trinajstić information content (AvgIpc) is 3.32. The van der Waals surface area contributed by atoms with Crippen molar-refractivity contribution < 1.29 is 33.0 Å². The number of furan rings is 1. The standard InChI is InChI=1S/C30H38O7/c1-17(31)35-23-9-12-28(5)20-8-11-29(6)22(15-25(33)37-26(29)19-10-13-34-16-19)30(20,7)24(36-18(2)32)14-21(28)27(23,3)4/h9-10,12-13,15-16,20-21,23-24,26H,8,11,14H2,1-7H3/t20-,21?,23-,24+,26+,28-,29-,30-/m1/s1. The van der Waals surface area contributed by atoms with Gasteiger partial charge in [0.1, 0.15) is 18.3 Å². The Hall–Kier alpha value is -2.83. The van der Waals surface area contributed by atoms with Crippen LogP contribution < -0.4 is 0 Å². The van der Waals surface area contributed by atoms with Gasteiger partial charge in [-0.1, -0.05) is 40.7 Å². The van der Waals surface area contributed by atoms with Gasteiger partial charge in [-0.15, -0.1) is 0 Å². The summed E-state index contributed by atoms with van der Waals surface area (Å²) in [4.78, 5) is 37.4. The normalized spacial score (nSPS) is 41.9. The second-order valence-corrected chi connectivity index (χ2v) is 12.7. The number of hydrogen-bond donors (Lipinski definition) is 0. The zero-order valence-corrected chi connectivity index (χ0v) is 22.8. The Balaban J connectivity index is 1.66. The maximum Gasteiger partial charge on any atom is 0.331 e. The molecule has 1 aromatic heterocycles. The fraction of sp³-hybridized carbons (Fsp3) is 0.633. The Labute approximate surface area is 218 Å². The number of carbonyl (C=O) groups is 3. The van der Waals surface area contributed by atoms with Crippen molar-refractivity contribution >= 4 is 17.9 Å². The molecule has 0 aromatic carbocycles. The molecule has 200 valence electrons. The molecule has 5 rings (SSSR count). The maximum absolute atomic E-state index is 13.0. The fourth-order valence-corrected chi connectivity index (χ4v) is 8.66. The molecule has 7 nitrogen and oxygen atoms in total. The Bertz CT molecular complexity index is 1180. The van der Waals surface area contributed by atoms with Crippen molar-refractivity contribution in [3.63, 3.8) is 0 Å². The second-order valence-electron chi connectivity index (χ2n) is 12.7. The van der Waals surface area contributed by atoms with E-state index >= 15 is 0 Å². The Morgan fingerprint density at radius 2 is 1.73 bits per heavy atom. The van der Waals surface area contributed by atoms with Gasteiger partial charge in [-0.3, -0.25) is 9.59 Å². The highest BCUT2D eigenvalue weighted by Crippen LogP contribution is 2.72. The van der Waals surface area contributed by atoms with Crippen LogP contribution in [-0.2, 0) is 28.6 Å². The lowest BCUT2D eigenvalue weighted by molar-refractivity contribution is -0.204. The first-order chi connectivity index (χ1) is 17.2. The molecule has 3 aliphatic carbocycles. The molecule has 2 heterocycles. The third-order valence-electron chi connectivity index (χ3n) is 10.3. The van der Waals surface area contributed by atoms with Gasteiger partial charge in [-0.05, 0) is 54.2 Å². The number of allylic oxidation sites excluding steroid dienone is 1. The minimum atomic E-state index is -0.597. The summed E-state index contributed by atoms with van der Waals surface area (Å²) < 4.78 is 23.1. The van der Waals surface area contributed by atoms with Crippen molar-refractivity contribution in [3.8, 4) is 0 Å². The zero-order valence-electron chi connectivity index (χ0n) is 22.8. The highest BCUT2D eigenvalue weighted by molar-refractivity contribution is 5.85. The highest BCUT2D eigenvalue weighted by atomic mass is 16.6. The largest absolute Gasteiger partial charge is 0.472 e. The van der Waals surface area contributed by atoms with E-state index < -0.39 is 23.0 Å². The van der Waals surface area contributed by atoms with Gasteiger partial charge in [0, 0.05) is 41.7 Å². The number of fused-ring (bicyclic) bond motifs is 5. The minimum absolute atomic E-state index is 0.0851. The highest BCUT2D eigenvalue weighted by Gasteiger charge is 2.69. The van der Waals surface area contributed by atoms with E-state index in [1.807, 2.05) is 12.1 Å². The Morgan fingerprint density at radius 1 is 1.03 bits per heavy atom.